The van der Waals surface area contributed by atoms with Crippen molar-refractivity contribution in [2.45, 2.75) is 232 Å². The molecule has 0 amide bonds. The van der Waals surface area contributed by atoms with E-state index >= 15 is 0 Å². The first-order chi connectivity index (χ1) is 34.6. The Labute approximate surface area is 431 Å². The van der Waals surface area contributed by atoms with Gasteiger partial charge in [0, 0.05) is 13.0 Å². The third-order valence-electron chi connectivity index (χ3n) is 11.4. The van der Waals surface area contributed by atoms with E-state index < -0.39 is 6.10 Å². The van der Waals surface area contributed by atoms with Gasteiger partial charge in [-0.15, -0.1) is 0 Å². The van der Waals surface area contributed by atoms with Crippen molar-refractivity contribution in [2.75, 3.05) is 19.8 Å². The molecule has 0 rings (SSSR count). The van der Waals surface area contributed by atoms with Gasteiger partial charge >= 0.3 is 11.9 Å². The van der Waals surface area contributed by atoms with Crippen molar-refractivity contribution in [2.24, 2.45) is 0 Å². The molecule has 0 aliphatic heterocycles. The van der Waals surface area contributed by atoms with Gasteiger partial charge in [-0.3, -0.25) is 9.59 Å². The van der Waals surface area contributed by atoms with Gasteiger partial charge in [0.05, 0.1) is 13.0 Å². The molecular weight excluding hydrogens is 861 g/mol. The van der Waals surface area contributed by atoms with E-state index in [0.717, 1.165) is 109 Å². The fraction of sp³-hybridized carbons (Fsp3) is 0.600. The highest BCUT2D eigenvalue weighted by molar-refractivity contribution is 5.71. The van der Waals surface area contributed by atoms with Gasteiger partial charge in [-0.05, 0) is 122 Å². The summed E-state index contributed by atoms with van der Waals surface area (Å²) in [4.78, 5) is 25.4. The highest BCUT2D eigenvalue weighted by atomic mass is 16.6. The van der Waals surface area contributed by atoms with Crippen molar-refractivity contribution >= 4 is 11.9 Å². The summed E-state index contributed by atoms with van der Waals surface area (Å²) in [7, 11) is 0. The van der Waals surface area contributed by atoms with Crippen LogP contribution >= 0.6 is 0 Å². The van der Waals surface area contributed by atoms with Crippen molar-refractivity contribution < 1.29 is 23.8 Å². The van der Waals surface area contributed by atoms with E-state index in [1.165, 1.54) is 83.5 Å². The van der Waals surface area contributed by atoms with Crippen LogP contribution in [0.25, 0.3) is 0 Å². The summed E-state index contributed by atoms with van der Waals surface area (Å²) in [5, 5.41) is 0. The molecule has 0 fully saturated rings. The van der Waals surface area contributed by atoms with Crippen LogP contribution in [0.5, 0.6) is 0 Å². The van der Waals surface area contributed by atoms with Crippen molar-refractivity contribution in [1.82, 2.24) is 0 Å². The zero-order valence-electron chi connectivity index (χ0n) is 45.2. The minimum atomic E-state index is -0.618. The predicted molar refractivity (Wildman–Crippen MR) is 306 cm³/mol. The van der Waals surface area contributed by atoms with Gasteiger partial charge in [0.2, 0.25) is 0 Å². The number of allylic oxidation sites excluding steroid dienone is 23. The molecule has 394 valence electrons. The predicted octanol–water partition coefficient (Wildman–Crippen LogP) is 19.7. The minimum absolute atomic E-state index is 0.0177. The van der Waals surface area contributed by atoms with Crippen LogP contribution in [0.15, 0.2) is 146 Å². The van der Waals surface area contributed by atoms with E-state index in [0.29, 0.717) is 13.0 Å². The molecule has 0 radical (unpaired) electrons. The quantitative estimate of drug-likeness (QED) is 0.0345. The number of unbranched alkanes of at least 4 members (excludes halogenated alkanes) is 16. The molecule has 0 saturated carbocycles. The minimum Gasteiger partial charge on any atom is -0.462 e. The lowest BCUT2D eigenvalue weighted by Crippen LogP contribution is -2.29. The van der Waals surface area contributed by atoms with Gasteiger partial charge in [-0.25, -0.2) is 0 Å². The number of ether oxygens (including phenoxy) is 3. The Balaban J connectivity index is 4.46. The van der Waals surface area contributed by atoms with Crippen LogP contribution in [0.1, 0.15) is 226 Å². The van der Waals surface area contributed by atoms with Gasteiger partial charge in [0.1, 0.15) is 6.61 Å². The van der Waals surface area contributed by atoms with E-state index in [9.17, 15) is 9.59 Å². The number of hydrogen-bond donors (Lipinski definition) is 0. The second kappa shape index (κ2) is 59.1. The number of rotatable bonds is 50. The molecule has 70 heavy (non-hydrogen) atoms. The highest BCUT2D eigenvalue weighted by Crippen LogP contribution is 2.13. The normalized spacial score (nSPS) is 13.4. The average molecular weight is 966 g/mol. The topological polar surface area (TPSA) is 61.8 Å². The van der Waals surface area contributed by atoms with E-state index in [4.69, 9.17) is 14.2 Å². The first-order valence-electron chi connectivity index (χ1n) is 28.4. The van der Waals surface area contributed by atoms with Gasteiger partial charge in [-0.1, -0.05) is 237 Å². The lowest BCUT2D eigenvalue weighted by Gasteiger charge is -2.18. The van der Waals surface area contributed by atoms with Gasteiger partial charge in [0.15, 0.2) is 6.10 Å². The Morgan fingerprint density at radius 2 is 0.686 bits per heavy atom. The molecule has 0 aromatic carbocycles. The molecule has 0 aliphatic rings. The molecule has 0 saturated heterocycles. The van der Waals surface area contributed by atoms with Crippen LogP contribution in [0, 0.1) is 0 Å². The number of esters is 2. The van der Waals surface area contributed by atoms with Crippen molar-refractivity contribution in [1.29, 1.82) is 0 Å². The summed E-state index contributed by atoms with van der Waals surface area (Å²) in [6.45, 7) is 7.41. The Kier molecular flexibility index (Phi) is 55.5. The van der Waals surface area contributed by atoms with E-state index in [1.54, 1.807) is 0 Å². The molecule has 0 bridgehead atoms. The molecule has 1 unspecified atom stereocenters. The summed E-state index contributed by atoms with van der Waals surface area (Å²) in [5.74, 6) is -0.591. The van der Waals surface area contributed by atoms with Gasteiger partial charge < -0.3 is 14.2 Å². The third kappa shape index (κ3) is 56.4. The first kappa shape index (κ1) is 65.8. The second-order valence-electron chi connectivity index (χ2n) is 18.1. The van der Waals surface area contributed by atoms with Crippen LogP contribution in [0.2, 0.25) is 0 Å². The standard InChI is InChI=1S/C65H104O5/c1-4-7-10-13-16-19-22-25-28-30-32-34-36-39-42-45-48-51-54-57-60-68-61-63(70-65(67)59-56-53-50-47-44-41-37-27-24-21-18-15-12-9-6-3)62-69-64(66)58-55-52-49-46-43-40-38-35-33-31-29-26-23-20-17-14-11-8-5-2/h8-9,11-12,16-21,25-29,33,35,37,40,43-44,47,53,56,63H,4-7,10,13-15,22-24,30-32,34,36,38-39,41-42,45-46,48-52,54-55,57-62H2,1-3H3/b11-8-,12-9-,19-16-,20-17-,21-18-,28-25-,29-26-,35-33-,37-27-,43-40-,47-44-,56-53-. The second-order valence-corrected chi connectivity index (χ2v) is 18.1. The number of carbonyl (C=O) groups is 2. The van der Waals surface area contributed by atoms with E-state index in [1.807, 2.05) is 12.2 Å². The van der Waals surface area contributed by atoms with Crippen LogP contribution in [-0.4, -0.2) is 37.9 Å². The first-order valence-corrected chi connectivity index (χ1v) is 28.4. The van der Waals surface area contributed by atoms with Crippen LogP contribution in [0.4, 0.5) is 0 Å². The highest BCUT2D eigenvalue weighted by Gasteiger charge is 2.17. The Morgan fingerprint density at radius 3 is 1.10 bits per heavy atom. The summed E-state index contributed by atoms with van der Waals surface area (Å²) in [6, 6.07) is 0. The summed E-state index contributed by atoms with van der Waals surface area (Å²) in [6.07, 6.45) is 86.1. The largest absolute Gasteiger partial charge is 0.462 e. The molecule has 5 heteroatoms. The molecule has 5 nitrogen and oxygen atoms in total. The molecule has 0 spiro atoms. The van der Waals surface area contributed by atoms with Crippen molar-refractivity contribution in [3.05, 3.63) is 146 Å². The molecule has 0 aromatic rings. The Morgan fingerprint density at radius 1 is 0.343 bits per heavy atom. The van der Waals surface area contributed by atoms with Crippen molar-refractivity contribution in [3.63, 3.8) is 0 Å². The summed E-state index contributed by atoms with van der Waals surface area (Å²) >= 11 is 0. The van der Waals surface area contributed by atoms with Crippen LogP contribution < -0.4 is 0 Å². The number of carbonyl (C=O) groups excluding carboxylic acids is 2. The maximum Gasteiger partial charge on any atom is 0.310 e. The van der Waals surface area contributed by atoms with E-state index in [-0.39, 0.29) is 31.6 Å². The van der Waals surface area contributed by atoms with Gasteiger partial charge in [-0.2, -0.15) is 0 Å². The molecule has 0 heterocycles. The monoisotopic (exact) mass is 965 g/mol. The zero-order valence-corrected chi connectivity index (χ0v) is 45.2. The molecule has 1 atom stereocenters. The van der Waals surface area contributed by atoms with E-state index in [2.05, 4.69) is 154 Å². The van der Waals surface area contributed by atoms with Crippen LogP contribution in [0.3, 0.4) is 0 Å². The third-order valence-corrected chi connectivity index (χ3v) is 11.4. The molecule has 0 N–H and O–H groups in total. The maximum absolute atomic E-state index is 12.8. The summed E-state index contributed by atoms with van der Waals surface area (Å²) < 4.78 is 17.3. The molecular formula is C65H104O5. The fourth-order valence-corrected chi connectivity index (χ4v) is 7.23. The smallest absolute Gasteiger partial charge is 0.310 e. The zero-order chi connectivity index (χ0) is 50.6. The Hall–Kier alpha value is -4.22. The SMILES string of the molecule is CC/C=C\C/C=C\C/C=C\C/C=C\C/C=C\CCCCCC(=O)OCC(COCCCCCCCCCCCC/C=C\C/C=C\CCCCC)OC(=O)C/C=C\C/C=C\C/C=C\C/C=C\C/C=C\CC. The Bertz CT molecular complexity index is 1510. The lowest BCUT2D eigenvalue weighted by molar-refractivity contribution is -0.162. The van der Waals surface area contributed by atoms with Gasteiger partial charge in [0.25, 0.3) is 0 Å². The fourth-order valence-electron chi connectivity index (χ4n) is 7.23. The van der Waals surface area contributed by atoms with Crippen LogP contribution in [-0.2, 0) is 23.8 Å². The average Bonchev–Trinajstić information content (AvgIpc) is 3.36. The molecule has 0 aromatic heterocycles. The number of hydrogen-bond acceptors (Lipinski definition) is 5. The van der Waals surface area contributed by atoms with Crippen molar-refractivity contribution in [3.8, 4) is 0 Å². The summed E-state index contributed by atoms with van der Waals surface area (Å²) in [5.41, 5.74) is 0. The maximum atomic E-state index is 12.8. The lowest BCUT2D eigenvalue weighted by atomic mass is 10.1. The molecule has 0 aliphatic carbocycles.